The van der Waals surface area contributed by atoms with Gasteiger partial charge in [-0.25, -0.2) is 4.39 Å². The molecule has 0 atom stereocenters. The van der Waals surface area contributed by atoms with E-state index in [1.54, 1.807) is 7.05 Å². The molecule has 0 saturated carbocycles. The molecule has 0 radical (unpaired) electrons. The molecule has 1 amide bonds. The zero-order chi connectivity index (χ0) is 13.0. The smallest absolute Gasteiger partial charge is 0.273 e. The van der Waals surface area contributed by atoms with E-state index in [2.05, 4.69) is 15.9 Å². The van der Waals surface area contributed by atoms with E-state index in [-0.39, 0.29) is 5.56 Å². The Kier molecular flexibility index (Phi) is 4.56. The molecule has 0 N–H and O–H groups in total. The first-order valence-electron chi connectivity index (χ1n) is 4.72. The number of carbonyl (C=O) groups excluding carboxylic acids is 1. The number of nitro groups is 1. The molecule has 7 heteroatoms. The van der Waals surface area contributed by atoms with E-state index in [4.69, 9.17) is 0 Å². The summed E-state index contributed by atoms with van der Waals surface area (Å²) in [6, 6.07) is 2.83. The molecule has 17 heavy (non-hydrogen) atoms. The molecular formula is C10H10BrFN2O3. The maximum atomic E-state index is 13.1. The van der Waals surface area contributed by atoms with Crippen molar-refractivity contribution >= 4 is 27.5 Å². The second-order valence-corrected chi connectivity index (χ2v) is 4.16. The van der Waals surface area contributed by atoms with Gasteiger partial charge in [-0.2, -0.15) is 0 Å². The molecule has 92 valence electrons. The molecule has 0 aliphatic rings. The number of nitro benzene ring substituents is 1. The van der Waals surface area contributed by atoms with Gasteiger partial charge in [0.25, 0.3) is 11.6 Å². The van der Waals surface area contributed by atoms with Crippen LogP contribution >= 0.6 is 15.9 Å². The van der Waals surface area contributed by atoms with Gasteiger partial charge < -0.3 is 4.90 Å². The van der Waals surface area contributed by atoms with Crippen molar-refractivity contribution in [3.63, 3.8) is 0 Å². The van der Waals surface area contributed by atoms with E-state index in [0.29, 0.717) is 11.9 Å². The van der Waals surface area contributed by atoms with Crippen molar-refractivity contribution in [3.05, 3.63) is 39.7 Å². The highest BCUT2D eigenvalue weighted by Gasteiger charge is 2.17. The van der Waals surface area contributed by atoms with Crippen LogP contribution in [0.1, 0.15) is 10.4 Å². The molecule has 0 unspecified atom stereocenters. The number of rotatable bonds is 4. The van der Waals surface area contributed by atoms with E-state index in [9.17, 15) is 19.3 Å². The van der Waals surface area contributed by atoms with E-state index in [1.165, 1.54) is 4.90 Å². The van der Waals surface area contributed by atoms with Crippen molar-refractivity contribution in [2.45, 2.75) is 0 Å². The highest BCUT2D eigenvalue weighted by molar-refractivity contribution is 9.09. The highest BCUT2D eigenvalue weighted by Crippen LogP contribution is 2.17. The minimum Gasteiger partial charge on any atom is -0.341 e. The Hall–Kier alpha value is -1.50. The second kappa shape index (κ2) is 5.72. The first-order chi connectivity index (χ1) is 7.95. The Morgan fingerprint density at radius 1 is 1.53 bits per heavy atom. The molecule has 5 nitrogen and oxygen atoms in total. The average molecular weight is 305 g/mol. The zero-order valence-electron chi connectivity index (χ0n) is 9.02. The number of non-ortho nitro benzene ring substituents is 1. The molecule has 0 heterocycles. The van der Waals surface area contributed by atoms with Crippen LogP contribution < -0.4 is 0 Å². The summed E-state index contributed by atoms with van der Waals surface area (Å²) in [6.45, 7) is 0.434. The van der Waals surface area contributed by atoms with Crippen LogP contribution in [0.3, 0.4) is 0 Å². The van der Waals surface area contributed by atoms with Crippen LogP contribution in [-0.2, 0) is 0 Å². The Bertz CT molecular complexity index is 453. The highest BCUT2D eigenvalue weighted by atomic mass is 79.9. The fourth-order valence-electron chi connectivity index (χ4n) is 1.25. The van der Waals surface area contributed by atoms with Crippen LogP contribution in [0.4, 0.5) is 10.1 Å². The molecule has 0 fully saturated rings. The molecule has 0 saturated heterocycles. The quantitative estimate of drug-likeness (QED) is 0.487. The Morgan fingerprint density at radius 3 is 2.71 bits per heavy atom. The lowest BCUT2D eigenvalue weighted by Crippen LogP contribution is -2.28. The van der Waals surface area contributed by atoms with Crippen LogP contribution in [0.25, 0.3) is 0 Å². The van der Waals surface area contributed by atoms with Gasteiger partial charge in [-0.05, 0) is 6.07 Å². The standard InChI is InChI=1S/C10H10BrFN2O3/c1-13(3-2-11)10(15)7-4-8(12)6-9(5-7)14(16)17/h4-6H,2-3H2,1H3. The number of nitrogens with zero attached hydrogens (tertiary/aromatic N) is 2. The summed E-state index contributed by atoms with van der Waals surface area (Å²) in [5.74, 6) is -1.25. The SMILES string of the molecule is CN(CCBr)C(=O)c1cc(F)cc([N+](=O)[O-])c1. The predicted molar refractivity (Wildman–Crippen MR) is 63.8 cm³/mol. The van der Waals surface area contributed by atoms with Crippen LogP contribution in [0, 0.1) is 15.9 Å². The van der Waals surface area contributed by atoms with E-state index >= 15 is 0 Å². The van der Waals surface area contributed by atoms with E-state index in [1.807, 2.05) is 0 Å². The Morgan fingerprint density at radius 2 is 2.18 bits per heavy atom. The number of hydrogen-bond donors (Lipinski definition) is 0. The minimum absolute atomic E-state index is 0.0276. The lowest BCUT2D eigenvalue weighted by atomic mass is 10.1. The van der Waals surface area contributed by atoms with Crippen molar-refractivity contribution in [2.75, 3.05) is 18.9 Å². The molecule has 1 aromatic carbocycles. The Balaban J connectivity index is 3.05. The summed E-state index contributed by atoms with van der Waals surface area (Å²) in [5.41, 5.74) is -0.458. The van der Waals surface area contributed by atoms with Gasteiger partial charge in [-0.3, -0.25) is 14.9 Å². The van der Waals surface area contributed by atoms with E-state index < -0.39 is 22.3 Å². The number of benzene rings is 1. The lowest BCUT2D eigenvalue weighted by Gasteiger charge is -2.15. The molecule has 1 aromatic rings. The summed E-state index contributed by atoms with van der Waals surface area (Å²) in [5, 5.41) is 11.1. The monoisotopic (exact) mass is 304 g/mol. The fraction of sp³-hybridized carbons (Fsp3) is 0.300. The van der Waals surface area contributed by atoms with Gasteiger partial charge in [0.05, 0.1) is 11.0 Å². The van der Waals surface area contributed by atoms with Crippen molar-refractivity contribution in [1.82, 2.24) is 4.90 Å². The number of amides is 1. The van der Waals surface area contributed by atoms with Crippen molar-refractivity contribution in [3.8, 4) is 0 Å². The molecule has 1 rings (SSSR count). The van der Waals surface area contributed by atoms with Gasteiger partial charge in [-0.1, -0.05) is 15.9 Å². The van der Waals surface area contributed by atoms with Crippen molar-refractivity contribution in [2.24, 2.45) is 0 Å². The molecule has 0 bridgehead atoms. The summed E-state index contributed by atoms with van der Waals surface area (Å²) < 4.78 is 13.1. The number of alkyl halides is 1. The van der Waals surface area contributed by atoms with Crippen molar-refractivity contribution < 1.29 is 14.1 Å². The first kappa shape index (κ1) is 13.6. The zero-order valence-corrected chi connectivity index (χ0v) is 10.6. The van der Waals surface area contributed by atoms with Gasteiger partial charge in [0.15, 0.2) is 0 Å². The third-order valence-electron chi connectivity index (χ3n) is 2.11. The van der Waals surface area contributed by atoms with Crippen LogP contribution in [0.5, 0.6) is 0 Å². The van der Waals surface area contributed by atoms with Gasteiger partial charge in [0.2, 0.25) is 0 Å². The van der Waals surface area contributed by atoms with Gasteiger partial charge in [-0.15, -0.1) is 0 Å². The largest absolute Gasteiger partial charge is 0.341 e. The van der Waals surface area contributed by atoms with Gasteiger partial charge in [0.1, 0.15) is 5.82 Å². The molecule has 0 aliphatic heterocycles. The Labute approximate surface area is 105 Å². The third-order valence-corrected chi connectivity index (χ3v) is 2.46. The maximum Gasteiger partial charge on any atom is 0.273 e. The number of hydrogen-bond acceptors (Lipinski definition) is 3. The van der Waals surface area contributed by atoms with Crippen LogP contribution in [-0.4, -0.2) is 34.7 Å². The van der Waals surface area contributed by atoms with Crippen molar-refractivity contribution in [1.29, 1.82) is 0 Å². The molecule has 0 spiro atoms. The normalized spacial score (nSPS) is 10.1. The van der Waals surface area contributed by atoms with E-state index in [0.717, 1.165) is 18.2 Å². The summed E-state index contributed by atoms with van der Waals surface area (Å²) in [7, 11) is 1.54. The number of carbonyl (C=O) groups is 1. The second-order valence-electron chi connectivity index (χ2n) is 3.37. The third kappa shape index (κ3) is 3.48. The summed E-state index contributed by atoms with van der Waals surface area (Å²) in [6.07, 6.45) is 0. The first-order valence-corrected chi connectivity index (χ1v) is 5.84. The summed E-state index contributed by atoms with van der Waals surface area (Å²) in [4.78, 5) is 22.9. The molecular weight excluding hydrogens is 295 g/mol. The average Bonchev–Trinajstić information content (AvgIpc) is 2.27. The summed E-state index contributed by atoms with van der Waals surface area (Å²) >= 11 is 3.17. The minimum atomic E-state index is -0.796. The molecule has 0 aliphatic carbocycles. The lowest BCUT2D eigenvalue weighted by molar-refractivity contribution is -0.385. The molecule has 0 aromatic heterocycles. The maximum absolute atomic E-state index is 13.1. The number of halogens is 2. The predicted octanol–water partition coefficient (Wildman–Crippen LogP) is 2.20. The topological polar surface area (TPSA) is 63.5 Å². The van der Waals surface area contributed by atoms with Gasteiger partial charge in [0, 0.05) is 30.6 Å². The fourth-order valence-corrected chi connectivity index (χ4v) is 1.78. The van der Waals surface area contributed by atoms with Crippen LogP contribution in [0.2, 0.25) is 0 Å². The van der Waals surface area contributed by atoms with Gasteiger partial charge >= 0.3 is 0 Å². The van der Waals surface area contributed by atoms with Crippen LogP contribution in [0.15, 0.2) is 18.2 Å².